The number of rotatable bonds is 3. The Balaban J connectivity index is 2.14. The van der Waals surface area contributed by atoms with Crippen molar-refractivity contribution in [1.82, 2.24) is 4.98 Å². The number of hydrogen-bond donors (Lipinski definition) is 1. The van der Waals surface area contributed by atoms with Crippen molar-refractivity contribution in [3.8, 4) is 0 Å². The fourth-order valence-electron chi connectivity index (χ4n) is 2.97. The second kappa shape index (κ2) is 6.84. The summed E-state index contributed by atoms with van der Waals surface area (Å²) in [6, 6.07) is 6.15. The van der Waals surface area contributed by atoms with Gasteiger partial charge in [-0.15, -0.1) is 0 Å². The lowest BCUT2D eigenvalue weighted by Gasteiger charge is -2.33. The molecule has 3 rings (SSSR count). The summed E-state index contributed by atoms with van der Waals surface area (Å²) < 4.78 is 6.18. The molecule has 23 heavy (non-hydrogen) atoms. The van der Waals surface area contributed by atoms with Crippen LogP contribution in [0, 0.1) is 0 Å². The van der Waals surface area contributed by atoms with E-state index in [-0.39, 0.29) is 12.0 Å². The Bertz CT molecular complexity index is 727. The molecule has 1 aromatic heterocycles. The van der Waals surface area contributed by atoms with Crippen LogP contribution < -0.4 is 10.6 Å². The average Bonchev–Trinajstić information content (AvgIpc) is 2.55. The van der Waals surface area contributed by atoms with Crippen LogP contribution in [0.3, 0.4) is 0 Å². The minimum Gasteiger partial charge on any atom is -0.462 e. The minimum absolute atomic E-state index is 0.233. The van der Waals surface area contributed by atoms with Crippen LogP contribution in [-0.4, -0.2) is 36.7 Å². The number of nitrogens with two attached hydrogens (primary N) is 1. The van der Waals surface area contributed by atoms with E-state index in [4.69, 9.17) is 10.5 Å². The molecule has 0 spiro atoms. The van der Waals surface area contributed by atoms with Gasteiger partial charge in [0.05, 0.1) is 17.8 Å². The highest BCUT2D eigenvalue weighted by Gasteiger charge is 2.24. The first-order chi connectivity index (χ1) is 11.1. The van der Waals surface area contributed by atoms with Gasteiger partial charge in [-0.2, -0.15) is 0 Å². The van der Waals surface area contributed by atoms with E-state index >= 15 is 0 Å². The summed E-state index contributed by atoms with van der Waals surface area (Å²) in [4.78, 5) is 19.0. The van der Waals surface area contributed by atoms with E-state index in [0.29, 0.717) is 12.2 Å². The summed E-state index contributed by atoms with van der Waals surface area (Å²) >= 11 is 3.51. The Morgan fingerprint density at radius 2 is 2.17 bits per heavy atom. The molecule has 1 aromatic carbocycles. The van der Waals surface area contributed by atoms with Crippen molar-refractivity contribution in [2.45, 2.75) is 25.8 Å². The number of carbonyl (C=O) groups excluding carboxylic acids is 1. The summed E-state index contributed by atoms with van der Waals surface area (Å²) in [6.45, 7) is 3.82. The van der Waals surface area contributed by atoms with E-state index in [1.165, 1.54) is 0 Å². The van der Waals surface area contributed by atoms with Gasteiger partial charge in [0.15, 0.2) is 0 Å². The second-order valence-electron chi connectivity index (χ2n) is 5.73. The molecule has 0 atom stereocenters. The normalized spacial score (nSPS) is 15.9. The Kier molecular flexibility index (Phi) is 4.82. The number of esters is 1. The molecule has 0 amide bonds. The minimum atomic E-state index is -0.327. The van der Waals surface area contributed by atoms with Crippen molar-refractivity contribution < 1.29 is 9.53 Å². The van der Waals surface area contributed by atoms with Crippen molar-refractivity contribution in [3.05, 3.63) is 34.4 Å². The number of nitrogens with zero attached hydrogens (tertiary/aromatic N) is 2. The van der Waals surface area contributed by atoms with Gasteiger partial charge in [-0.3, -0.25) is 4.98 Å². The number of carbonyl (C=O) groups is 1. The molecule has 2 heterocycles. The summed E-state index contributed by atoms with van der Waals surface area (Å²) in [5, 5.41) is 0.959. The van der Waals surface area contributed by atoms with Gasteiger partial charge in [-0.05, 0) is 38.0 Å². The van der Waals surface area contributed by atoms with Crippen molar-refractivity contribution in [2.75, 3.05) is 24.6 Å². The predicted molar refractivity (Wildman–Crippen MR) is 94.8 cm³/mol. The largest absolute Gasteiger partial charge is 0.462 e. The van der Waals surface area contributed by atoms with E-state index in [1.54, 1.807) is 6.20 Å². The summed E-state index contributed by atoms with van der Waals surface area (Å²) in [5.41, 5.74) is 8.31. The molecular formula is C17H20BrN3O2. The second-order valence-corrected chi connectivity index (χ2v) is 6.64. The third-order valence-corrected chi connectivity index (χ3v) is 4.65. The molecular weight excluding hydrogens is 358 g/mol. The standard InChI is InChI=1S/C17H20BrN3O2/c1-2-23-17(22)14-10-20-15-4-3-11(18)9-13(15)16(14)21-7-5-12(19)6-8-21/h3-4,9-10,12H,2,5-8,19H2,1H3. The molecule has 0 saturated carbocycles. The number of halogens is 1. The van der Waals surface area contributed by atoms with Crippen molar-refractivity contribution in [1.29, 1.82) is 0 Å². The number of pyridine rings is 1. The Morgan fingerprint density at radius 3 is 2.87 bits per heavy atom. The van der Waals surface area contributed by atoms with Gasteiger partial charge in [-0.1, -0.05) is 15.9 Å². The fraction of sp³-hybridized carbons (Fsp3) is 0.412. The molecule has 1 aliphatic heterocycles. The molecule has 122 valence electrons. The number of aromatic nitrogens is 1. The molecule has 2 N–H and O–H groups in total. The van der Waals surface area contributed by atoms with Gasteiger partial charge in [0.2, 0.25) is 0 Å². The van der Waals surface area contributed by atoms with Crippen molar-refractivity contribution >= 4 is 38.5 Å². The van der Waals surface area contributed by atoms with E-state index in [0.717, 1.165) is 47.0 Å². The van der Waals surface area contributed by atoms with Crippen molar-refractivity contribution in [3.63, 3.8) is 0 Å². The van der Waals surface area contributed by atoms with E-state index in [2.05, 4.69) is 25.8 Å². The molecule has 6 heteroatoms. The number of anilines is 1. The number of piperidine rings is 1. The van der Waals surface area contributed by atoms with Gasteiger partial charge in [0, 0.05) is 35.2 Å². The average molecular weight is 378 g/mol. The lowest BCUT2D eigenvalue weighted by molar-refractivity contribution is 0.0526. The molecule has 1 fully saturated rings. The van der Waals surface area contributed by atoms with E-state index < -0.39 is 0 Å². The fourth-order valence-corrected chi connectivity index (χ4v) is 3.33. The van der Waals surface area contributed by atoms with Crippen LogP contribution >= 0.6 is 15.9 Å². The van der Waals surface area contributed by atoms with Gasteiger partial charge in [-0.25, -0.2) is 4.79 Å². The topological polar surface area (TPSA) is 68.5 Å². The van der Waals surface area contributed by atoms with Gasteiger partial charge >= 0.3 is 5.97 Å². The summed E-state index contributed by atoms with van der Waals surface area (Å²) in [5.74, 6) is -0.327. The SMILES string of the molecule is CCOC(=O)c1cnc2ccc(Br)cc2c1N1CCC(N)CC1. The highest BCUT2D eigenvalue weighted by molar-refractivity contribution is 9.10. The molecule has 1 saturated heterocycles. The molecule has 0 unspecified atom stereocenters. The highest BCUT2D eigenvalue weighted by atomic mass is 79.9. The summed E-state index contributed by atoms with van der Waals surface area (Å²) in [7, 11) is 0. The zero-order valence-corrected chi connectivity index (χ0v) is 14.7. The molecule has 0 aliphatic carbocycles. The van der Waals surface area contributed by atoms with Crippen LogP contribution in [0.1, 0.15) is 30.1 Å². The Hall–Kier alpha value is -1.66. The van der Waals surface area contributed by atoms with Crippen LogP contribution in [0.5, 0.6) is 0 Å². The van der Waals surface area contributed by atoms with Crippen LogP contribution in [0.15, 0.2) is 28.9 Å². The number of hydrogen-bond acceptors (Lipinski definition) is 5. The molecule has 0 radical (unpaired) electrons. The Morgan fingerprint density at radius 1 is 1.43 bits per heavy atom. The van der Waals surface area contributed by atoms with E-state index in [9.17, 15) is 4.79 Å². The van der Waals surface area contributed by atoms with Gasteiger partial charge in [0.25, 0.3) is 0 Å². The maximum absolute atomic E-state index is 12.4. The zero-order valence-electron chi connectivity index (χ0n) is 13.1. The van der Waals surface area contributed by atoms with Gasteiger partial charge < -0.3 is 15.4 Å². The molecule has 2 aromatic rings. The molecule has 1 aliphatic rings. The Labute approximate surface area is 143 Å². The first-order valence-corrected chi connectivity index (χ1v) is 8.65. The third-order valence-electron chi connectivity index (χ3n) is 4.15. The zero-order chi connectivity index (χ0) is 16.4. The van der Waals surface area contributed by atoms with Crippen LogP contribution in [-0.2, 0) is 4.74 Å². The first-order valence-electron chi connectivity index (χ1n) is 7.86. The highest BCUT2D eigenvalue weighted by Crippen LogP contribution is 2.33. The molecule has 5 nitrogen and oxygen atoms in total. The quantitative estimate of drug-likeness (QED) is 0.832. The summed E-state index contributed by atoms with van der Waals surface area (Å²) in [6.07, 6.45) is 3.46. The van der Waals surface area contributed by atoms with Crippen LogP contribution in [0.4, 0.5) is 5.69 Å². The van der Waals surface area contributed by atoms with Crippen LogP contribution in [0.2, 0.25) is 0 Å². The number of fused-ring (bicyclic) bond motifs is 1. The number of ether oxygens (including phenoxy) is 1. The maximum Gasteiger partial charge on any atom is 0.341 e. The van der Waals surface area contributed by atoms with Gasteiger partial charge in [0.1, 0.15) is 5.56 Å². The lowest BCUT2D eigenvalue weighted by Crippen LogP contribution is -2.40. The van der Waals surface area contributed by atoms with E-state index in [1.807, 2.05) is 25.1 Å². The maximum atomic E-state index is 12.4. The predicted octanol–water partition coefficient (Wildman–Crippen LogP) is 3.10. The smallest absolute Gasteiger partial charge is 0.341 e. The monoisotopic (exact) mass is 377 g/mol. The molecule has 0 bridgehead atoms. The van der Waals surface area contributed by atoms with Crippen molar-refractivity contribution in [2.24, 2.45) is 5.73 Å². The van der Waals surface area contributed by atoms with Crippen LogP contribution in [0.25, 0.3) is 10.9 Å². The first kappa shape index (κ1) is 16.2. The lowest BCUT2D eigenvalue weighted by atomic mass is 10.0. The third kappa shape index (κ3) is 3.33. The number of benzene rings is 1.